The summed E-state index contributed by atoms with van der Waals surface area (Å²) in [5, 5.41) is 10.8. The predicted molar refractivity (Wildman–Crippen MR) is 129 cm³/mol. The molecule has 0 N–H and O–H groups in total. The highest BCUT2D eigenvalue weighted by molar-refractivity contribution is 7.89. The van der Waals surface area contributed by atoms with Gasteiger partial charge in [0.05, 0.1) is 16.0 Å². The maximum absolute atomic E-state index is 13.4. The lowest BCUT2D eigenvalue weighted by Gasteiger charge is -2.24. The molecule has 0 radical (unpaired) electrons. The largest absolute Gasteiger partial charge is 0.486 e. The molecule has 9 heteroatoms. The molecule has 8 nitrogen and oxygen atoms in total. The van der Waals surface area contributed by atoms with Gasteiger partial charge >= 0.3 is 0 Å². The number of rotatable bonds is 3. The maximum Gasteiger partial charge on any atom is 0.243 e. The molecule has 0 unspecified atom stereocenters. The van der Waals surface area contributed by atoms with Crippen molar-refractivity contribution >= 4 is 26.7 Å². The van der Waals surface area contributed by atoms with E-state index in [1.165, 1.54) is 10.4 Å². The van der Waals surface area contributed by atoms with Gasteiger partial charge in [-0.25, -0.2) is 13.4 Å². The molecular formula is C25H26N4O4S. The Labute approximate surface area is 199 Å². The zero-order valence-electron chi connectivity index (χ0n) is 19.2. The molecule has 0 atom stereocenters. The summed E-state index contributed by atoms with van der Waals surface area (Å²) in [4.78, 5) is 7.05. The lowest BCUT2D eigenvalue weighted by molar-refractivity contribution is 0.171. The van der Waals surface area contributed by atoms with Crippen LogP contribution in [0.1, 0.15) is 23.1 Å². The minimum atomic E-state index is -3.70. The van der Waals surface area contributed by atoms with Crippen LogP contribution in [-0.2, 0) is 10.0 Å². The first kappa shape index (κ1) is 22.4. The Morgan fingerprint density at radius 2 is 1.76 bits per heavy atom. The number of nitrogens with zero attached hydrogens (tertiary/aromatic N) is 4. The molecule has 2 aliphatic rings. The van der Waals surface area contributed by atoms with Gasteiger partial charge in [0.15, 0.2) is 11.5 Å². The minimum absolute atomic E-state index is 0.192. The van der Waals surface area contributed by atoms with E-state index in [1.54, 1.807) is 12.1 Å². The summed E-state index contributed by atoms with van der Waals surface area (Å²) < 4.78 is 39.4. The van der Waals surface area contributed by atoms with Crippen molar-refractivity contribution in [2.75, 3.05) is 44.3 Å². The van der Waals surface area contributed by atoms with Crippen LogP contribution >= 0.6 is 0 Å². The number of hydrogen-bond acceptors (Lipinski definition) is 7. The fourth-order valence-electron chi connectivity index (χ4n) is 4.62. The van der Waals surface area contributed by atoms with Gasteiger partial charge in [-0.1, -0.05) is 6.07 Å². The van der Waals surface area contributed by atoms with E-state index in [2.05, 4.69) is 12.1 Å². The molecule has 1 fully saturated rings. The minimum Gasteiger partial charge on any atom is -0.486 e. The topological polar surface area (TPSA) is 95.8 Å². The lowest BCUT2D eigenvalue weighted by Crippen LogP contribution is -2.35. The summed E-state index contributed by atoms with van der Waals surface area (Å²) in [5.41, 5.74) is 3.54. The zero-order valence-corrected chi connectivity index (χ0v) is 20.1. The third-order valence-corrected chi connectivity index (χ3v) is 8.19. The fourth-order valence-corrected chi connectivity index (χ4v) is 6.11. The van der Waals surface area contributed by atoms with Crippen molar-refractivity contribution in [2.24, 2.45) is 0 Å². The predicted octanol–water partition coefficient (Wildman–Crippen LogP) is 3.40. The number of nitriles is 1. The van der Waals surface area contributed by atoms with Crippen LogP contribution in [-0.4, -0.2) is 57.1 Å². The van der Waals surface area contributed by atoms with Gasteiger partial charge in [-0.2, -0.15) is 9.57 Å². The molecule has 3 aromatic rings. The van der Waals surface area contributed by atoms with Crippen LogP contribution in [0.5, 0.6) is 11.5 Å². The van der Waals surface area contributed by atoms with Crippen LogP contribution in [0.3, 0.4) is 0 Å². The third kappa shape index (κ3) is 4.04. The van der Waals surface area contributed by atoms with Crippen molar-refractivity contribution in [1.82, 2.24) is 9.29 Å². The first-order chi connectivity index (χ1) is 16.4. The second kappa shape index (κ2) is 8.78. The van der Waals surface area contributed by atoms with Gasteiger partial charge in [-0.3, -0.25) is 0 Å². The molecule has 5 rings (SSSR count). The zero-order chi connectivity index (χ0) is 23.9. The molecule has 0 amide bonds. The van der Waals surface area contributed by atoms with Gasteiger partial charge in [0.1, 0.15) is 25.1 Å². The molecule has 0 saturated carbocycles. The molecule has 2 aliphatic heterocycles. The molecule has 0 spiro atoms. The molecule has 2 aromatic carbocycles. The van der Waals surface area contributed by atoms with E-state index < -0.39 is 10.0 Å². The molecule has 34 heavy (non-hydrogen) atoms. The van der Waals surface area contributed by atoms with Crippen LogP contribution < -0.4 is 14.4 Å². The molecule has 176 valence electrons. The number of pyridine rings is 1. The van der Waals surface area contributed by atoms with E-state index >= 15 is 0 Å². The first-order valence-corrected chi connectivity index (χ1v) is 12.8. The number of aromatic nitrogens is 1. The number of benzene rings is 2. The van der Waals surface area contributed by atoms with Crippen molar-refractivity contribution in [3.63, 3.8) is 0 Å². The van der Waals surface area contributed by atoms with Crippen molar-refractivity contribution in [3.8, 4) is 17.6 Å². The molecule has 0 bridgehead atoms. The SMILES string of the molecule is Cc1cc(C)c2cc(C#N)c(N3CCCN(S(=O)(=O)c4ccc5c(c4)OCCO5)CC3)nc2c1. The summed E-state index contributed by atoms with van der Waals surface area (Å²) in [7, 11) is -3.70. The van der Waals surface area contributed by atoms with Crippen LogP contribution in [0, 0.1) is 25.2 Å². The fraction of sp³-hybridized carbons (Fsp3) is 0.360. The summed E-state index contributed by atoms with van der Waals surface area (Å²) in [6.07, 6.45) is 0.626. The number of ether oxygens (including phenoxy) is 2. The highest BCUT2D eigenvalue weighted by Gasteiger charge is 2.29. The first-order valence-electron chi connectivity index (χ1n) is 11.3. The lowest BCUT2D eigenvalue weighted by atomic mass is 10.0. The standard InChI is InChI=1S/C25H26N4O4S/c1-17-12-18(2)21-14-19(16-26)25(27-22(21)13-17)28-6-3-7-29(9-8-28)34(30,31)20-4-5-23-24(15-20)33-11-10-32-23/h4-5,12-15H,3,6-11H2,1-2H3. The van der Waals surface area contributed by atoms with E-state index in [4.69, 9.17) is 14.5 Å². The Hall–Kier alpha value is -3.35. The van der Waals surface area contributed by atoms with Crippen molar-refractivity contribution in [3.05, 3.63) is 53.1 Å². The van der Waals surface area contributed by atoms with Gasteiger partial charge in [0.25, 0.3) is 0 Å². The average molecular weight is 479 g/mol. The quantitative estimate of drug-likeness (QED) is 0.569. The van der Waals surface area contributed by atoms with E-state index in [-0.39, 0.29) is 4.90 Å². The van der Waals surface area contributed by atoms with Gasteiger partial charge < -0.3 is 14.4 Å². The monoisotopic (exact) mass is 478 g/mol. The number of aryl methyl sites for hydroxylation is 2. The highest BCUT2D eigenvalue weighted by Crippen LogP contribution is 2.34. The van der Waals surface area contributed by atoms with Crippen LogP contribution in [0.25, 0.3) is 10.9 Å². The van der Waals surface area contributed by atoms with E-state index in [0.29, 0.717) is 68.7 Å². The maximum atomic E-state index is 13.4. The van der Waals surface area contributed by atoms with E-state index in [0.717, 1.165) is 22.0 Å². The molecule has 0 aliphatic carbocycles. The van der Waals surface area contributed by atoms with Gasteiger partial charge in [-0.05, 0) is 55.7 Å². The Kier molecular flexibility index (Phi) is 5.80. The van der Waals surface area contributed by atoms with Crippen molar-refractivity contribution < 1.29 is 17.9 Å². The Morgan fingerprint density at radius 3 is 2.56 bits per heavy atom. The number of hydrogen-bond donors (Lipinski definition) is 0. The number of anilines is 1. The Bertz CT molecular complexity index is 1410. The summed E-state index contributed by atoms with van der Waals surface area (Å²) in [6, 6.07) is 13.0. The summed E-state index contributed by atoms with van der Waals surface area (Å²) in [5.74, 6) is 1.62. The summed E-state index contributed by atoms with van der Waals surface area (Å²) in [6.45, 7) is 6.65. The number of sulfonamides is 1. The van der Waals surface area contributed by atoms with Crippen LogP contribution in [0.2, 0.25) is 0 Å². The van der Waals surface area contributed by atoms with Gasteiger partial charge in [-0.15, -0.1) is 0 Å². The summed E-state index contributed by atoms with van der Waals surface area (Å²) >= 11 is 0. The second-order valence-corrected chi connectivity index (χ2v) is 10.6. The van der Waals surface area contributed by atoms with Crippen molar-refractivity contribution in [1.29, 1.82) is 5.26 Å². The Morgan fingerprint density at radius 1 is 0.971 bits per heavy atom. The van der Waals surface area contributed by atoms with Crippen molar-refractivity contribution in [2.45, 2.75) is 25.2 Å². The normalized spacial score (nSPS) is 16.8. The molecule has 3 heterocycles. The Balaban J connectivity index is 1.42. The smallest absolute Gasteiger partial charge is 0.243 e. The van der Waals surface area contributed by atoms with Crippen LogP contribution in [0.4, 0.5) is 5.82 Å². The van der Waals surface area contributed by atoms with Crippen LogP contribution in [0.15, 0.2) is 41.3 Å². The van der Waals surface area contributed by atoms with E-state index in [9.17, 15) is 13.7 Å². The highest BCUT2D eigenvalue weighted by atomic mass is 32.2. The third-order valence-electron chi connectivity index (χ3n) is 6.29. The average Bonchev–Trinajstić information content (AvgIpc) is 3.10. The van der Waals surface area contributed by atoms with Gasteiger partial charge in [0, 0.05) is 37.6 Å². The van der Waals surface area contributed by atoms with E-state index in [1.807, 2.05) is 30.9 Å². The number of fused-ring (bicyclic) bond motifs is 2. The molecular weight excluding hydrogens is 452 g/mol. The molecule has 1 saturated heterocycles. The van der Waals surface area contributed by atoms with Gasteiger partial charge in [0.2, 0.25) is 10.0 Å². The molecule has 1 aromatic heterocycles. The second-order valence-electron chi connectivity index (χ2n) is 8.67.